The lowest BCUT2D eigenvalue weighted by molar-refractivity contribution is 0.0430. The average molecular weight is 310 g/mol. The molecule has 1 aromatic carbocycles. The summed E-state index contributed by atoms with van der Waals surface area (Å²) in [6.45, 7) is 5.21. The molecule has 1 amide bonds. The Labute approximate surface area is 137 Å². The van der Waals surface area contributed by atoms with Crippen LogP contribution in [0.5, 0.6) is 5.75 Å². The van der Waals surface area contributed by atoms with Gasteiger partial charge in [0.1, 0.15) is 11.3 Å². The van der Waals surface area contributed by atoms with Crippen molar-refractivity contribution in [1.29, 1.82) is 5.26 Å². The van der Waals surface area contributed by atoms with Gasteiger partial charge in [-0.15, -0.1) is 0 Å². The van der Waals surface area contributed by atoms with E-state index in [4.69, 9.17) is 4.74 Å². The van der Waals surface area contributed by atoms with Crippen LogP contribution in [0, 0.1) is 28.1 Å². The van der Waals surface area contributed by atoms with Crippen LogP contribution in [0.3, 0.4) is 0 Å². The lowest BCUT2D eigenvalue weighted by atomic mass is 9.66. The van der Waals surface area contributed by atoms with Gasteiger partial charge in [0, 0.05) is 17.5 Å². The number of amides is 1. The maximum atomic E-state index is 13.1. The van der Waals surface area contributed by atoms with E-state index in [-0.39, 0.29) is 16.7 Å². The normalized spacial score (nSPS) is 40.3. The summed E-state index contributed by atoms with van der Waals surface area (Å²) in [5.41, 5.74) is -0.00953. The fraction of sp³-hybridized carbons (Fsp3) is 0.579. The standard InChI is InChI=1S/C19H22N2O2/c1-17-12-21(16(22)13-4-6-15(23-3)7-5-13)19(11-20)10-14(17)8-9-18(17,19)2/h4-7,14H,8-10,12H2,1-3H3. The van der Waals surface area contributed by atoms with Gasteiger partial charge in [-0.2, -0.15) is 5.26 Å². The van der Waals surface area contributed by atoms with Gasteiger partial charge >= 0.3 is 0 Å². The molecular formula is C19H22N2O2. The Kier molecular flexibility index (Phi) is 2.71. The van der Waals surface area contributed by atoms with Crippen molar-refractivity contribution in [3.63, 3.8) is 0 Å². The lowest BCUT2D eigenvalue weighted by Crippen LogP contribution is -2.54. The molecule has 4 bridgehead atoms. The van der Waals surface area contributed by atoms with Crippen molar-refractivity contribution >= 4 is 5.91 Å². The summed E-state index contributed by atoms with van der Waals surface area (Å²) in [7, 11) is 1.61. The van der Waals surface area contributed by atoms with E-state index in [1.165, 1.54) is 6.42 Å². The van der Waals surface area contributed by atoms with E-state index in [1.807, 2.05) is 4.90 Å². The molecule has 1 aliphatic heterocycles. The third-order valence-electron chi connectivity index (χ3n) is 7.32. The smallest absolute Gasteiger partial charge is 0.255 e. The highest BCUT2D eigenvalue weighted by atomic mass is 16.5. The van der Waals surface area contributed by atoms with Crippen molar-refractivity contribution in [3.05, 3.63) is 29.8 Å². The molecule has 4 nitrogen and oxygen atoms in total. The molecule has 4 heteroatoms. The topological polar surface area (TPSA) is 53.3 Å². The Morgan fingerprint density at radius 1 is 1.35 bits per heavy atom. The molecule has 4 rings (SSSR count). The van der Waals surface area contributed by atoms with Crippen LogP contribution in [0.2, 0.25) is 0 Å². The molecule has 1 saturated heterocycles. The van der Waals surface area contributed by atoms with Gasteiger partial charge in [-0.1, -0.05) is 13.8 Å². The number of methoxy groups -OCH3 is 1. The molecule has 3 fully saturated rings. The molecule has 1 heterocycles. The number of piperidine rings is 1. The summed E-state index contributed by atoms with van der Waals surface area (Å²) in [6.07, 6.45) is 3.08. The Bertz CT molecular complexity index is 722. The van der Waals surface area contributed by atoms with Gasteiger partial charge in [0.15, 0.2) is 0 Å². The molecule has 4 unspecified atom stereocenters. The van der Waals surface area contributed by atoms with Crippen LogP contribution in [0.1, 0.15) is 43.5 Å². The maximum Gasteiger partial charge on any atom is 0.255 e. The van der Waals surface area contributed by atoms with E-state index in [0.29, 0.717) is 18.0 Å². The monoisotopic (exact) mass is 310 g/mol. The first kappa shape index (κ1) is 14.6. The van der Waals surface area contributed by atoms with Crippen LogP contribution in [0.25, 0.3) is 0 Å². The molecular weight excluding hydrogens is 288 g/mol. The molecule has 120 valence electrons. The van der Waals surface area contributed by atoms with Gasteiger partial charge in [-0.25, -0.2) is 0 Å². The molecule has 2 aliphatic carbocycles. The zero-order valence-electron chi connectivity index (χ0n) is 13.9. The van der Waals surface area contributed by atoms with Crippen LogP contribution < -0.4 is 4.74 Å². The van der Waals surface area contributed by atoms with E-state index in [0.717, 1.165) is 18.6 Å². The Balaban J connectivity index is 1.73. The molecule has 3 aliphatic rings. The number of carbonyl (C=O) groups excluding carboxylic acids is 1. The van der Waals surface area contributed by atoms with Gasteiger partial charge in [0.05, 0.1) is 13.2 Å². The van der Waals surface area contributed by atoms with E-state index in [9.17, 15) is 10.1 Å². The van der Waals surface area contributed by atoms with Crippen molar-refractivity contribution < 1.29 is 9.53 Å². The highest BCUT2D eigenvalue weighted by molar-refractivity contribution is 5.96. The molecule has 2 saturated carbocycles. The number of rotatable bonds is 2. The lowest BCUT2D eigenvalue weighted by Gasteiger charge is -2.43. The molecule has 1 aromatic rings. The predicted octanol–water partition coefficient (Wildman–Crippen LogP) is 3.24. The van der Waals surface area contributed by atoms with E-state index < -0.39 is 5.54 Å². The van der Waals surface area contributed by atoms with Crippen LogP contribution in [-0.4, -0.2) is 30.0 Å². The minimum Gasteiger partial charge on any atom is -0.497 e. The van der Waals surface area contributed by atoms with Crippen molar-refractivity contribution in [2.24, 2.45) is 16.7 Å². The van der Waals surface area contributed by atoms with Crippen LogP contribution in [-0.2, 0) is 0 Å². The van der Waals surface area contributed by atoms with Crippen LogP contribution in [0.15, 0.2) is 24.3 Å². The fourth-order valence-corrected chi connectivity index (χ4v) is 5.64. The van der Waals surface area contributed by atoms with E-state index >= 15 is 0 Å². The van der Waals surface area contributed by atoms with Crippen molar-refractivity contribution in [3.8, 4) is 11.8 Å². The van der Waals surface area contributed by atoms with E-state index in [2.05, 4.69) is 19.9 Å². The third-order valence-corrected chi connectivity index (χ3v) is 7.32. The van der Waals surface area contributed by atoms with Gasteiger partial charge in [0.2, 0.25) is 0 Å². The number of nitrogens with zero attached hydrogens (tertiary/aromatic N) is 2. The Hall–Kier alpha value is -2.02. The van der Waals surface area contributed by atoms with Gasteiger partial charge in [0.25, 0.3) is 5.91 Å². The molecule has 4 atom stereocenters. The van der Waals surface area contributed by atoms with Gasteiger partial charge in [-0.05, 0) is 54.9 Å². The highest BCUT2D eigenvalue weighted by Gasteiger charge is 2.78. The Morgan fingerprint density at radius 3 is 2.61 bits per heavy atom. The van der Waals surface area contributed by atoms with Gasteiger partial charge in [-0.3, -0.25) is 4.79 Å². The molecule has 0 radical (unpaired) electrons. The summed E-state index contributed by atoms with van der Waals surface area (Å²) in [5, 5.41) is 10.0. The highest BCUT2D eigenvalue weighted by Crippen LogP contribution is 2.75. The minimum atomic E-state index is -0.637. The first-order valence-corrected chi connectivity index (χ1v) is 8.29. The second-order valence-electron chi connectivity index (χ2n) is 7.78. The Morgan fingerprint density at radius 2 is 2.04 bits per heavy atom. The summed E-state index contributed by atoms with van der Waals surface area (Å²) in [5.74, 6) is 1.29. The number of hydrogen-bond donors (Lipinski definition) is 0. The number of hydrogen-bond acceptors (Lipinski definition) is 3. The number of ether oxygens (including phenoxy) is 1. The number of carbonyl (C=O) groups is 1. The second kappa shape index (κ2) is 4.29. The summed E-state index contributed by atoms with van der Waals surface area (Å²) >= 11 is 0. The van der Waals surface area contributed by atoms with Crippen molar-refractivity contribution in [2.75, 3.05) is 13.7 Å². The molecule has 0 aromatic heterocycles. The number of benzene rings is 1. The first-order chi connectivity index (χ1) is 10.9. The second-order valence-corrected chi connectivity index (χ2v) is 7.78. The minimum absolute atomic E-state index is 0.0236. The van der Waals surface area contributed by atoms with Crippen LogP contribution >= 0.6 is 0 Å². The molecule has 0 N–H and O–H groups in total. The quantitative estimate of drug-likeness (QED) is 0.842. The first-order valence-electron chi connectivity index (χ1n) is 8.29. The van der Waals surface area contributed by atoms with Crippen LogP contribution in [0.4, 0.5) is 0 Å². The maximum absolute atomic E-state index is 13.1. The summed E-state index contributed by atoms with van der Waals surface area (Å²) in [4.78, 5) is 15.0. The van der Waals surface area contributed by atoms with E-state index in [1.54, 1.807) is 31.4 Å². The largest absolute Gasteiger partial charge is 0.497 e. The van der Waals surface area contributed by atoms with Gasteiger partial charge < -0.3 is 9.64 Å². The third kappa shape index (κ3) is 1.44. The van der Waals surface area contributed by atoms with Crippen molar-refractivity contribution in [2.45, 2.75) is 38.6 Å². The number of likely N-dealkylation sites (tertiary alicyclic amines) is 1. The number of nitriles is 1. The summed E-state index contributed by atoms with van der Waals surface area (Å²) < 4.78 is 5.16. The van der Waals surface area contributed by atoms with Crippen molar-refractivity contribution in [1.82, 2.24) is 4.90 Å². The zero-order chi connectivity index (χ0) is 16.5. The summed E-state index contributed by atoms with van der Waals surface area (Å²) in [6, 6.07) is 9.76. The fourth-order valence-electron chi connectivity index (χ4n) is 5.64. The molecule has 0 spiro atoms. The zero-order valence-corrected chi connectivity index (χ0v) is 13.9. The SMILES string of the molecule is COc1ccc(C(=O)N2CC3(C)C4CCC3(C)C2(C#N)C4)cc1. The predicted molar refractivity (Wildman–Crippen MR) is 85.9 cm³/mol. The average Bonchev–Trinajstić information content (AvgIpc) is 3.03. The molecule has 23 heavy (non-hydrogen) atoms.